The summed E-state index contributed by atoms with van der Waals surface area (Å²) in [4.78, 5) is 14.7. The first-order valence-electron chi connectivity index (χ1n) is 9.83. The molecule has 6 heteroatoms. The highest BCUT2D eigenvalue weighted by Crippen LogP contribution is 2.26. The zero-order valence-corrected chi connectivity index (χ0v) is 16.2. The minimum Gasteiger partial charge on any atom is -0.467 e. The Morgan fingerprint density at radius 3 is 2.82 bits per heavy atom. The van der Waals surface area contributed by atoms with E-state index in [1.54, 1.807) is 11.2 Å². The fourth-order valence-corrected chi connectivity index (χ4v) is 3.87. The zero-order valence-electron chi connectivity index (χ0n) is 16.2. The van der Waals surface area contributed by atoms with Gasteiger partial charge in [-0.05, 0) is 48.9 Å². The maximum absolute atomic E-state index is 12.9. The molecule has 0 bridgehead atoms. The van der Waals surface area contributed by atoms with Gasteiger partial charge in [-0.1, -0.05) is 30.3 Å². The maximum atomic E-state index is 12.9. The first-order valence-corrected chi connectivity index (χ1v) is 9.83. The van der Waals surface area contributed by atoms with Crippen LogP contribution in [0.3, 0.4) is 0 Å². The van der Waals surface area contributed by atoms with Crippen molar-refractivity contribution in [3.63, 3.8) is 0 Å². The van der Waals surface area contributed by atoms with Crippen molar-refractivity contribution in [1.82, 2.24) is 20.0 Å². The first kappa shape index (κ1) is 18.3. The van der Waals surface area contributed by atoms with E-state index in [0.29, 0.717) is 19.6 Å². The number of hydrogen-bond acceptors (Lipinski definition) is 3. The van der Waals surface area contributed by atoms with Crippen LogP contribution >= 0.6 is 0 Å². The summed E-state index contributed by atoms with van der Waals surface area (Å²) in [5.41, 5.74) is 4.82. The normalized spacial score (nSPS) is 12.8. The summed E-state index contributed by atoms with van der Waals surface area (Å²) in [6.07, 6.45) is 5.72. The van der Waals surface area contributed by atoms with Crippen LogP contribution in [0.5, 0.6) is 0 Å². The third-order valence-corrected chi connectivity index (χ3v) is 5.29. The SMILES string of the molecule is Cn1nc(CN(Cc2ccco2)C(=O)NCCc2ccccc2)c2c1CCC2. The van der Waals surface area contributed by atoms with Crippen LogP contribution in [0.15, 0.2) is 53.1 Å². The number of amides is 2. The predicted octanol–water partition coefficient (Wildman–Crippen LogP) is 3.46. The third-order valence-electron chi connectivity index (χ3n) is 5.29. The van der Waals surface area contributed by atoms with Crippen molar-refractivity contribution in [1.29, 1.82) is 0 Å². The van der Waals surface area contributed by atoms with Crippen LogP contribution in [0.1, 0.15) is 34.7 Å². The smallest absolute Gasteiger partial charge is 0.318 e. The number of carbonyl (C=O) groups is 1. The number of aryl methyl sites for hydroxylation is 1. The van der Waals surface area contributed by atoms with E-state index in [1.807, 2.05) is 42.1 Å². The molecule has 0 atom stereocenters. The van der Waals surface area contributed by atoms with Gasteiger partial charge in [-0.15, -0.1) is 0 Å². The van der Waals surface area contributed by atoms with E-state index >= 15 is 0 Å². The van der Waals surface area contributed by atoms with Crippen LogP contribution in [0.2, 0.25) is 0 Å². The van der Waals surface area contributed by atoms with Crippen LogP contribution in [-0.4, -0.2) is 27.3 Å². The van der Waals surface area contributed by atoms with Gasteiger partial charge in [0.15, 0.2) is 0 Å². The molecule has 28 heavy (non-hydrogen) atoms. The van der Waals surface area contributed by atoms with Crippen LogP contribution in [-0.2, 0) is 39.4 Å². The summed E-state index contributed by atoms with van der Waals surface area (Å²) in [5, 5.41) is 7.73. The van der Waals surface area contributed by atoms with Gasteiger partial charge < -0.3 is 14.6 Å². The predicted molar refractivity (Wildman–Crippen MR) is 107 cm³/mol. The van der Waals surface area contributed by atoms with Gasteiger partial charge in [0.2, 0.25) is 0 Å². The third kappa shape index (κ3) is 4.11. The number of benzene rings is 1. The molecule has 0 saturated heterocycles. The summed E-state index contributed by atoms with van der Waals surface area (Å²) < 4.78 is 7.44. The average molecular weight is 378 g/mol. The van der Waals surface area contributed by atoms with E-state index in [4.69, 9.17) is 4.42 Å². The first-order chi connectivity index (χ1) is 13.7. The molecule has 1 aliphatic carbocycles. The molecule has 4 rings (SSSR count). The Bertz CT molecular complexity index is 916. The minimum absolute atomic E-state index is 0.0928. The van der Waals surface area contributed by atoms with Crippen molar-refractivity contribution >= 4 is 6.03 Å². The Balaban J connectivity index is 1.44. The lowest BCUT2D eigenvalue weighted by Gasteiger charge is -2.22. The fraction of sp³-hybridized carbons (Fsp3) is 0.364. The van der Waals surface area contributed by atoms with Gasteiger partial charge in [-0.25, -0.2) is 4.79 Å². The molecule has 2 aromatic heterocycles. The molecular weight excluding hydrogens is 352 g/mol. The number of fused-ring (bicyclic) bond motifs is 1. The van der Waals surface area contributed by atoms with Crippen molar-refractivity contribution in [2.24, 2.45) is 7.05 Å². The number of rotatable bonds is 7. The molecule has 6 nitrogen and oxygen atoms in total. The highest BCUT2D eigenvalue weighted by molar-refractivity contribution is 5.74. The highest BCUT2D eigenvalue weighted by Gasteiger charge is 2.24. The molecule has 1 N–H and O–H groups in total. The molecule has 2 amide bonds. The molecule has 1 aliphatic rings. The number of nitrogens with zero attached hydrogens (tertiary/aromatic N) is 3. The fourth-order valence-electron chi connectivity index (χ4n) is 3.87. The molecule has 0 radical (unpaired) electrons. The van der Waals surface area contributed by atoms with Crippen molar-refractivity contribution in [2.75, 3.05) is 6.54 Å². The number of hydrogen-bond donors (Lipinski definition) is 1. The van der Waals surface area contributed by atoms with E-state index in [-0.39, 0.29) is 6.03 Å². The molecule has 0 aliphatic heterocycles. The number of carbonyl (C=O) groups excluding carboxylic acids is 1. The molecule has 3 aromatic rings. The standard InChI is InChI=1S/C22H26N4O2/c1-25-21-11-5-10-19(21)20(24-25)16-26(15-18-9-6-14-28-18)22(27)23-13-12-17-7-3-2-4-8-17/h2-4,6-9,14H,5,10-13,15-16H2,1H3,(H,23,27). The summed E-state index contributed by atoms with van der Waals surface area (Å²) >= 11 is 0. The number of nitrogens with one attached hydrogen (secondary N) is 1. The second-order valence-corrected chi connectivity index (χ2v) is 7.25. The summed E-state index contributed by atoms with van der Waals surface area (Å²) in [5.74, 6) is 0.769. The Kier molecular flexibility index (Phi) is 5.46. The topological polar surface area (TPSA) is 63.3 Å². The van der Waals surface area contributed by atoms with Crippen LogP contribution in [0, 0.1) is 0 Å². The minimum atomic E-state index is -0.0928. The van der Waals surface area contributed by atoms with Gasteiger partial charge >= 0.3 is 6.03 Å². The number of aromatic nitrogens is 2. The molecule has 0 fully saturated rings. The second-order valence-electron chi connectivity index (χ2n) is 7.25. The zero-order chi connectivity index (χ0) is 19.3. The summed E-state index contributed by atoms with van der Waals surface area (Å²) in [6.45, 7) is 1.51. The Morgan fingerprint density at radius 1 is 1.18 bits per heavy atom. The second kappa shape index (κ2) is 8.33. The lowest BCUT2D eigenvalue weighted by atomic mass is 10.1. The quantitative estimate of drug-likeness (QED) is 0.685. The van der Waals surface area contributed by atoms with Crippen LogP contribution < -0.4 is 5.32 Å². The highest BCUT2D eigenvalue weighted by atomic mass is 16.3. The van der Waals surface area contributed by atoms with E-state index in [9.17, 15) is 4.79 Å². The summed E-state index contributed by atoms with van der Waals surface area (Å²) in [6, 6.07) is 13.8. The summed E-state index contributed by atoms with van der Waals surface area (Å²) in [7, 11) is 1.99. The Hall–Kier alpha value is -3.02. The largest absolute Gasteiger partial charge is 0.467 e. The molecule has 0 spiro atoms. The Morgan fingerprint density at radius 2 is 2.04 bits per heavy atom. The van der Waals surface area contributed by atoms with Crippen molar-refractivity contribution in [3.05, 3.63) is 77.0 Å². The van der Waals surface area contributed by atoms with Gasteiger partial charge in [0.1, 0.15) is 5.76 Å². The number of urea groups is 1. The lowest BCUT2D eigenvalue weighted by Crippen LogP contribution is -2.40. The lowest BCUT2D eigenvalue weighted by molar-refractivity contribution is 0.186. The molecule has 0 saturated carbocycles. The van der Waals surface area contributed by atoms with E-state index in [1.165, 1.54) is 16.8 Å². The van der Waals surface area contributed by atoms with Gasteiger partial charge in [-0.3, -0.25) is 4.68 Å². The van der Waals surface area contributed by atoms with Crippen molar-refractivity contribution < 1.29 is 9.21 Å². The number of furan rings is 1. The van der Waals surface area contributed by atoms with E-state index in [2.05, 4.69) is 22.5 Å². The van der Waals surface area contributed by atoms with E-state index in [0.717, 1.165) is 37.1 Å². The van der Waals surface area contributed by atoms with Gasteiger partial charge in [0.25, 0.3) is 0 Å². The van der Waals surface area contributed by atoms with Crippen LogP contribution in [0.4, 0.5) is 4.79 Å². The van der Waals surface area contributed by atoms with Gasteiger partial charge in [0, 0.05) is 19.3 Å². The van der Waals surface area contributed by atoms with Crippen molar-refractivity contribution in [2.45, 2.75) is 38.8 Å². The molecule has 2 heterocycles. The van der Waals surface area contributed by atoms with Gasteiger partial charge in [-0.2, -0.15) is 5.10 Å². The van der Waals surface area contributed by atoms with Crippen molar-refractivity contribution in [3.8, 4) is 0 Å². The maximum Gasteiger partial charge on any atom is 0.318 e. The average Bonchev–Trinajstić information content (AvgIpc) is 3.43. The van der Waals surface area contributed by atoms with Gasteiger partial charge in [0.05, 0.1) is 25.0 Å². The van der Waals surface area contributed by atoms with Crippen LogP contribution in [0.25, 0.3) is 0 Å². The Labute approximate surface area is 165 Å². The van der Waals surface area contributed by atoms with E-state index < -0.39 is 0 Å². The monoisotopic (exact) mass is 378 g/mol. The molecule has 0 unspecified atom stereocenters. The molecular formula is C22H26N4O2. The molecule has 1 aromatic carbocycles. The molecule has 146 valence electrons.